The molecule has 0 saturated heterocycles. The van der Waals surface area contributed by atoms with Gasteiger partial charge in [-0.2, -0.15) is 0 Å². The van der Waals surface area contributed by atoms with Crippen LogP contribution in [0.4, 0.5) is 0 Å². The molecule has 4 nitrogen and oxygen atoms in total. The largest absolute Gasteiger partial charge is 0.489 e. The summed E-state index contributed by atoms with van der Waals surface area (Å²) in [6.45, 7) is -2.06. The van der Waals surface area contributed by atoms with Gasteiger partial charge in [0.1, 0.15) is 72.0 Å². The van der Waals surface area contributed by atoms with Gasteiger partial charge in [-0.25, -0.2) is 0 Å². The Kier molecular flexibility index (Phi) is 17.5. The molecule has 53 heavy (non-hydrogen) atoms. The number of halogens is 20. The van der Waals surface area contributed by atoms with Crippen LogP contribution in [0.1, 0.15) is 0 Å². The van der Waals surface area contributed by atoms with Gasteiger partial charge in [0.25, 0.3) is 0 Å². The number of hydrogen-bond donors (Lipinski definition) is 0. The summed E-state index contributed by atoms with van der Waals surface area (Å²) in [4.78, 5) is 0. The second-order valence-electron chi connectivity index (χ2n) is 10.3. The summed E-state index contributed by atoms with van der Waals surface area (Å²) in [6, 6.07) is 0. The van der Waals surface area contributed by atoms with Crippen LogP contribution >= 0.6 is 232 Å². The highest BCUT2D eigenvalue weighted by Gasteiger charge is 2.39. The summed E-state index contributed by atoms with van der Waals surface area (Å²) in [5.41, 5.74) is -1.65. The van der Waals surface area contributed by atoms with E-state index >= 15 is 0 Å². The normalized spacial score (nSPS) is 11.7. The van der Waals surface area contributed by atoms with E-state index in [1.165, 1.54) is 0 Å². The standard InChI is InChI=1S/C29H8Cl20O4/c30-5-9(34)17(42)25(18(43)10(5)35)50-1-29(2-51-26-19(44)11(36)6(31)12(37)20(26)45,3-52-27-21(46)13(38)7(32)14(39)22(27)47)4-53-28-23(48)15(40)8(33)16(41)24(28)49/h1-4H2. The summed E-state index contributed by atoms with van der Waals surface area (Å²) in [5, 5.41) is -3.68. The first-order valence-electron chi connectivity index (χ1n) is 13.2. The molecule has 0 amide bonds. The maximum Gasteiger partial charge on any atom is 0.159 e. The predicted molar refractivity (Wildman–Crippen MR) is 230 cm³/mol. The Balaban J connectivity index is 1.93. The third kappa shape index (κ3) is 9.76. The van der Waals surface area contributed by atoms with Gasteiger partial charge in [-0.1, -0.05) is 232 Å². The first-order chi connectivity index (χ1) is 24.6. The lowest BCUT2D eigenvalue weighted by atomic mass is 9.92. The van der Waals surface area contributed by atoms with E-state index in [-0.39, 0.29) is 123 Å². The minimum Gasteiger partial charge on any atom is -0.489 e. The molecule has 0 bridgehead atoms. The fourth-order valence-electron chi connectivity index (χ4n) is 4.00. The number of rotatable bonds is 12. The van der Waals surface area contributed by atoms with Crippen molar-refractivity contribution in [2.75, 3.05) is 26.4 Å². The highest BCUT2D eigenvalue weighted by Crippen LogP contribution is 2.53. The van der Waals surface area contributed by atoms with Gasteiger partial charge in [-0.05, 0) is 0 Å². The zero-order valence-electron chi connectivity index (χ0n) is 24.5. The van der Waals surface area contributed by atoms with Gasteiger partial charge in [0.2, 0.25) is 0 Å². The quantitative estimate of drug-likeness (QED) is 0.105. The fourth-order valence-corrected chi connectivity index (χ4v) is 8.92. The molecule has 0 atom stereocenters. The Hall–Kier alpha value is 1.88. The number of hydrogen-bond acceptors (Lipinski definition) is 4. The van der Waals surface area contributed by atoms with Crippen LogP contribution in [0.5, 0.6) is 23.0 Å². The van der Waals surface area contributed by atoms with Crippen LogP contribution in [0.3, 0.4) is 0 Å². The molecule has 288 valence electrons. The van der Waals surface area contributed by atoms with E-state index in [1.807, 2.05) is 0 Å². The molecular formula is C29H8Cl20O4. The molecule has 4 rings (SSSR count). The zero-order chi connectivity index (χ0) is 40.0. The molecule has 0 spiro atoms. The minimum atomic E-state index is -1.65. The second-order valence-corrected chi connectivity index (χ2v) is 17.8. The molecular weight excluding hydrogens is 1120 g/mol. The van der Waals surface area contributed by atoms with Crippen molar-refractivity contribution in [3.8, 4) is 23.0 Å². The SMILES string of the molecule is Clc1c(Cl)c(Cl)c(OCC(COc2c(Cl)c(Cl)c(Cl)c(Cl)c2Cl)(COc2c(Cl)c(Cl)c(Cl)c(Cl)c2Cl)COc2c(Cl)c(Cl)c(Cl)c(Cl)c2Cl)c(Cl)c1Cl. The lowest BCUT2D eigenvalue weighted by Crippen LogP contribution is -2.45. The molecule has 0 unspecified atom stereocenters. The van der Waals surface area contributed by atoms with Crippen LogP contribution in [-0.2, 0) is 0 Å². The third-order valence-corrected chi connectivity index (χ3v) is 15.7. The average Bonchev–Trinajstić information content (AvgIpc) is 3.14. The van der Waals surface area contributed by atoms with Gasteiger partial charge >= 0.3 is 0 Å². The maximum absolute atomic E-state index is 6.49. The van der Waals surface area contributed by atoms with Crippen LogP contribution in [0.15, 0.2) is 0 Å². The van der Waals surface area contributed by atoms with Crippen molar-refractivity contribution in [2.45, 2.75) is 0 Å². The van der Waals surface area contributed by atoms with E-state index in [9.17, 15) is 0 Å². The Bertz CT molecular complexity index is 1710. The van der Waals surface area contributed by atoms with Gasteiger partial charge < -0.3 is 18.9 Å². The Labute approximate surface area is 401 Å². The molecule has 0 fully saturated rings. The molecule has 4 aromatic rings. The van der Waals surface area contributed by atoms with Gasteiger partial charge in [-0.3, -0.25) is 0 Å². The zero-order valence-corrected chi connectivity index (χ0v) is 39.6. The number of benzene rings is 4. The molecule has 0 aliphatic carbocycles. The van der Waals surface area contributed by atoms with Crippen molar-refractivity contribution in [1.82, 2.24) is 0 Å². The van der Waals surface area contributed by atoms with Gasteiger partial charge in [0.15, 0.2) is 23.0 Å². The summed E-state index contributed by atoms with van der Waals surface area (Å²) < 4.78 is 24.6. The molecule has 0 aliphatic rings. The summed E-state index contributed by atoms with van der Waals surface area (Å²) >= 11 is 127. The lowest BCUT2D eigenvalue weighted by Gasteiger charge is -2.34. The minimum absolute atomic E-state index is 0.140. The van der Waals surface area contributed by atoms with Crippen LogP contribution in [0, 0.1) is 5.41 Å². The Morgan fingerprint density at radius 2 is 0.321 bits per heavy atom. The van der Waals surface area contributed by atoms with E-state index in [0.29, 0.717) is 0 Å². The number of ether oxygens (including phenoxy) is 4. The Morgan fingerprint density at radius 3 is 0.453 bits per heavy atom. The molecule has 0 aliphatic heterocycles. The van der Waals surface area contributed by atoms with E-state index in [1.54, 1.807) is 0 Å². The van der Waals surface area contributed by atoms with Gasteiger partial charge in [0, 0.05) is 0 Å². The van der Waals surface area contributed by atoms with Crippen LogP contribution in [0.2, 0.25) is 100 Å². The van der Waals surface area contributed by atoms with Crippen molar-refractivity contribution in [2.24, 2.45) is 5.41 Å². The van der Waals surface area contributed by atoms with Crippen LogP contribution in [-0.4, -0.2) is 26.4 Å². The molecule has 0 radical (unpaired) electrons. The fraction of sp³-hybridized carbons (Fsp3) is 0.172. The van der Waals surface area contributed by atoms with Gasteiger partial charge in [-0.15, -0.1) is 0 Å². The second kappa shape index (κ2) is 19.5. The first kappa shape index (κ1) is 47.6. The van der Waals surface area contributed by atoms with E-state index in [0.717, 1.165) is 0 Å². The predicted octanol–water partition coefficient (Wildman–Crippen LogP) is 19.4. The Morgan fingerprint density at radius 1 is 0.208 bits per heavy atom. The summed E-state index contributed by atoms with van der Waals surface area (Å²) in [6.07, 6.45) is 0. The average molecular weight is 1130 g/mol. The van der Waals surface area contributed by atoms with E-state index in [4.69, 9.17) is 251 Å². The first-order valence-corrected chi connectivity index (χ1v) is 20.7. The highest BCUT2D eigenvalue weighted by atomic mass is 35.5. The molecule has 0 N–H and O–H groups in total. The van der Waals surface area contributed by atoms with Crippen molar-refractivity contribution in [3.05, 3.63) is 100 Å². The molecule has 0 heterocycles. The molecule has 4 aromatic carbocycles. The van der Waals surface area contributed by atoms with E-state index in [2.05, 4.69) is 0 Å². The smallest absolute Gasteiger partial charge is 0.159 e. The molecule has 0 saturated carbocycles. The van der Waals surface area contributed by atoms with Crippen molar-refractivity contribution < 1.29 is 18.9 Å². The molecule has 0 aromatic heterocycles. The van der Waals surface area contributed by atoms with Gasteiger partial charge in [0.05, 0.1) is 60.3 Å². The van der Waals surface area contributed by atoms with E-state index < -0.39 is 31.8 Å². The van der Waals surface area contributed by atoms with Crippen molar-refractivity contribution in [3.63, 3.8) is 0 Å². The van der Waals surface area contributed by atoms with Crippen LogP contribution < -0.4 is 18.9 Å². The summed E-state index contributed by atoms with van der Waals surface area (Å²) in [5.74, 6) is -0.859. The third-order valence-electron chi connectivity index (χ3n) is 6.77. The van der Waals surface area contributed by atoms with Crippen LogP contribution in [0.25, 0.3) is 0 Å². The maximum atomic E-state index is 6.49. The topological polar surface area (TPSA) is 36.9 Å². The highest BCUT2D eigenvalue weighted by molar-refractivity contribution is 6.58. The monoisotopic (exact) mass is 1120 g/mol. The lowest BCUT2D eigenvalue weighted by molar-refractivity contribution is -0.00331. The molecule has 24 heteroatoms. The van der Waals surface area contributed by atoms with Crippen molar-refractivity contribution in [1.29, 1.82) is 0 Å². The van der Waals surface area contributed by atoms with Crippen molar-refractivity contribution >= 4 is 232 Å². The summed E-state index contributed by atoms with van der Waals surface area (Å²) in [7, 11) is 0.